The molecular formula is C21H20N2O4. The van der Waals surface area contributed by atoms with Crippen LogP contribution in [-0.2, 0) is 9.53 Å². The number of phenolic OH excluding ortho intramolecular Hbond substituents is 1. The molecule has 0 radical (unpaired) electrons. The van der Waals surface area contributed by atoms with Gasteiger partial charge in [-0.2, -0.15) is 5.26 Å². The van der Waals surface area contributed by atoms with E-state index in [0.717, 1.165) is 24.0 Å². The van der Waals surface area contributed by atoms with Crippen LogP contribution in [0.1, 0.15) is 30.1 Å². The number of phenols is 1. The molecule has 0 aromatic heterocycles. The average molecular weight is 364 g/mol. The van der Waals surface area contributed by atoms with Crippen molar-refractivity contribution >= 4 is 11.9 Å². The van der Waals surface area contributed by atoms with Gasteiger partial charge in [0.15, 0.2) is 6.61 Å². The molecule has 6 heteroatoms. The van der Waals surface area contributed by atoms with Crippen molar-refractivity contribution in [1.29, 1.82) is 5.26 Å². The molecule has 0 bridgehead atoms. The number of esters is 1. The van der Waals surface area contributed by atoms with E-state index >= 15 is 0 Å². The van der Waals surface area contributed by atoms with Gasteiger partial charge in [-0.15, -0.1) is 0 Å². The van der Waals surface area contributed by atoms with Gasteiger partial charge in [-0.05, 0) is 61.1 Å². The molecule has 1 aliphatic rings. The van der Waals surface area contributed by atoms with Gasteiger partial charge in [-0.25, -0.2) is 4.79 Å². The summed E-state index contributed by atoms with van der Waals surface area (Å²) in [5.74, 6) is -0.742. The van der Waals surface area contributed by atoms with Gasteiger partial charge in [0.2, 0.25) is 0 Å². The van der Waals surface area contributed by atoms with Crippen molar-refractivity contribution in [3.05, 3.63) is 54.1 Å². The first kappa shape index (κ1) is 18.5. The zero-order valence-electron chi connectivity index (χ0n) is 14.9. The maximum atomic E-state index is 12.1. The molecule has 138 valence electrons. The van der Waals surface area contributed by atoms with E-state index in [9.17, 15) is 20.0 Å². The minimum Gasteiger partial charge on any atom is -0.508 e. The monoisotopic (exact) mass is 364 g/mol. The van der Waals surface area contributed by atoms with E-state index < -0.39 is 24.0 Å². The summed E-state index contributed by atoms with van der Waals surface area (Å²) in [7, 11) is 0. The molecule has 0 saturated heterocycles. The quantitative estimate of drug-likeness (QED) is 0.768. The summed E-state index contributed by atoms with van der Waals surface area (Å²) < 4.78 is 5.05. The largest absolute Gasteiger partial charge is 0.508 e. The SMILES string of the molecule is C[C@](C#N)(NC(=O)COC(=O)c1ccc(-c2ccc(O)cc2)cc1)C1CC1. The Hall–Kier alpha value is -3.33. The number of benzene rings is 2. The molecule has 0 aliphatic heterocycles. The highest BCUT2D eigenvalue weighted by Crippen LogP contribution is 2.39. The van der Waals surface area contributed by atoms with Gasteiger partial charge in [0.25, 0.3) is 5.91 Å². The van der Waals surface area contributed by atoms with Crippen LogP contribution >= 0.6 is 0 Å². The normalized spacial score (nSPS) is 15.3. The molecule has 2 aromatic carbocycles. The maximum absolute atomic E-state index is 12.1. The van der Waals surface area contributed by atoms with E-state index in [-0.39, 0.29) is 11.7 Å². The van der Waals surface area contributed by atoms with Gasteiger partial charge < -0.3 is 15.2 Å². The number of nitriles is 1. The second-order valence-electron chi connectivity index (χ2n) is 6.84. The van der Waals surface area contributed by atoms with Gasteiger partial charge in [-0.3, -0.25) is 4.79 Å². The van der Waals surface area contributed by atoms with Crippen LogP contribution in [0.25, 0.3) is 11.1 Å². The molecule has 2 N–H and O–H groups in total. The Morgan fingerprint density at radius 3 is 2.22 bits per heavy atom. The second kappa shape index (κ2) is 7.50. The Kier molecular flexibility index (Phi) is 5.13. The number of hydrogen-bond donors (Lipinski definition) is 2. The molecule has 27 heavy (non-hydrogen) atoms. The number of carbonyl (C=O) groups is 2. The third-order valence-electron chi connectivity index (χ3n) is 4.68. The summed E-state index contributed by atoms with van der Waals surface area (Å²) >= 11 is 0. The molecular weight excluding hydrogens is 344 g/mol. The van der Waals surface area contributed by atoms with Crippen molar-refractivity contribution in [2.24, 2.45) is 5.92 Å². The Balaban J connectivity index is 1.56. The fourth-order valence-electron chi connectivity index (χ4n) is 2.87. The summed E-state index contributed by atoms with van der Waals surface area (Å²) in [5, 5.41) is 21.2. The van der Waals surface area contributed by atoms with Crippen molar-refractivity contribution in [2.45, 2.75) is 25.3 Å². The zero-order valence-corrected chi connectivity index (χ0v) is 14.9. The van der Waals surface area contributed by atoms with Crippen LogP contribution in [0.4, 0.5) is 0 Å². The van der Waals surface area contributed by atoms with Gasteiger partial charge in [0.05, 0.1) is 11.6 Å². The standard InChI is InChI=1S/C21H20N2O4/c1-21(13-22,17-8-9-17)23-19(25)12-27-20(26)16-4-2-14(3-5-16)15-6-10-18(24)11-7-15/h2-7,10-11,17,24H,8-9,12H2,1H3,(H,23,25)/t21-/m1/s1. The highest BCUT2D eigenvalue weighted by Gasteiger charge is 2.43. The van der Waals surface area contributed by atoms with Crippen molar-refractivity contribution < 1.29 is 19.4 Å². The molecule has 3 rings (SSSR count). The van der Waals surface area contributed by atoms with Crippen LogP contribution in [0.2, 0.25) is 0 Å². The molecule has 0 spiro atoms. The van der Waals surface area contributed by atoms with Crippen LogP contribution in [0, 0.1) is 17.2 Å². The number of nitrogens with one attached hydrogen (secondary N) is 1. The first-order valence-corrected chi connectivity index (χ1v) is 8.70. The van der Waals surface area contributed by atoms with Crippen LogP contribution < -0.4 is 5.32 Å². The van der Waals surface area contributed by atoms with Crippen LogP contribution in [-0.4, -0.2) is 29.1 Å². The minimum atomic E-state index is -0.907. The summed E-state index contributed by atoms with van der Waals surface area (Å²) in [4.78, 5) is 24.1. The average Bonchev–Trinajstić information content (AvgIpc) is 3.52. The van der Waals surface area contributed by atoms with E-state index in [0.29, 0.717) is 5.56 Å². The molecule has 1 fully saturated rings. The maximum Gasteiger partial charge on any atom is 0.338 e. The predicted octanol–water partition coefficient (Wildman–Crippen LogP) is 3.02. The molecule has 1 atom stereocenters. The number of nitrogens with zero attached hydrogens (tertiary/aromatic N) is 1. The highest BCUT2D eigenvalue weighted by molar-refractivity contribution is 5.92. The lowest BCUT2D eigenvalue weighted by Gasteiger charge is -2.22. The number of aromatic hydroxyl groups is 1. The second-order valence-corrected chi connectivity index (χ2v) is 6.84. The fourth-order valence-corrected chi connectivity index (χ4v) is 2.87. The topological polar surface area (TPSA) is 99.4 Å². The van der Waals surface area contributed by atoms with Gasteiger partial charge in [-0.1, -0.05) is 24.3 Å². The number of ether oxygens (including phenoxy) is 1. The smallest absolute Gasteiger partial charge is 0.338 e. The molecule has 1 saturated carbocycles. The fraction of sp³-hybridized carbons (Fsp3) is 0.286. The molecule has 0 heterocycles. The van der Waals surface area contributed by atoms with Crippen molar-refractivity contribution in [3.8, 4) is 22.9 Å². The summed E-state index contributed by atoms with van der Waals surface area (Å²) in [5.41, 5.74) is 1.21. The molecule has 0 unspecified atom stereocenters. The number of amides is 1. The summed E-state index contributed by atoms with van der Waals surface area (Å²) in [6.45, 7) is 1.26. The van der Waals surface area contributed by atoms with Crippen molar-refractivity contribution in [2.75, 3.05) is 6.61 Å². The lowest BCUT2D eigenvalue weighted by Crippen LogP contribution is -2.48. The van der Waals surface area contributed by atoms with E-state index in [1.807, 2.05) is 0 Å². The third kappa shape index (κ3) is 4.45. The van der Waals surface area contributed by atoms with E-state index in [4.69, 9.17) is 4.74 Å². The highest BCUT2D eigenvalue weighted by atomic mass is 16.5. The number of rotatable bonds is 6. The van der Waals surface area contributed by atoms with Crippen molar-refractivity contribution in [3.63, 3.8) is 0 Å². The van der Waals surface area contributed by atoms with Crippen molar-refractivity contribution in [1.82, 2.24) is 5.32 Å². The van der Waals surface area contributed by atoms with Gasteiger partial charge in [0.1, 0.15) is 11.3 Å². The predicted molar refractivity (Wildman–Crippen MR) is 98.7 cm³/mol. The van der Waals surface area contributed by atoms with E-state index in [1.165, 1.54) is 0 Å². The Bertz CT molecular complexity index is 880. The Morgan fingerprint density at radius 1 is 1.15 bits per heavy atom. The summed E-state index contributed by atoms with van der Waals surface area (Å²) in [6.07, 6.45) is 1.83. The van der Waals surface area contributed by atoms with Gasteiger partial charge >= 0.3 is 5.97 Å². The number of carbonyl (C=O) groups excluding carboxylic acids is 2. The third-order valence-corrected chi connectivity index (χ3v) is 4.68. The molecule has 1 aliphatic carbocycles. The Labute approximate surface area is 157 Å². The summed E-state index contributed by atoms with van der Waals surface area (Å²) in [6, 6.07) is 15.6. The van der Waals surface area contributed by atoms with Crippen LogP contribution in [0.5, 0.6) is 5.75 Å². The zero-order chi connectivity index (χ0) is 19.4. The molecule has 6 nitrogen and oxygen atoms in total. The minimum absolute atomic E-state index is 0.162. The van der Waals surface area contributed by atoms with Crippen LogP contribution in [0.15, 0.2) is 48.5 Å². The first-order chi connectivity index (χ1) is 12.9. The lowest BCUT2D eigenvalue weighted by atomic mass is 9.98. The number of hydrogen-bond acceptors (Lipinski definition) is 5. The van der Waals surface area contributed by atoms with E-state index in [2.05, 4.69) is 11.4 Å². The van der Waals surface area contributed by atoms with Gasteiger partial charge in [0, 0.05) is 0 Å². The molecule has 2 aromatic rings. The first-order valence-electron chi connectivity index (χ1n) is 8.70. The molecule has 1 amide bonds. The van der Waals surface area contributed by atoms with E-state index in [1.54, 1.807) is 55.5 Å². The Morgan fingerprint density at radius 2 is 1.70 bits per heavy atom. The van der Waals surface area contributed by atoms with Crippen LogP contribution in [0.3, 0.4) is 0 Å². The lowest BCUT2D eigenvalue weighted by molar-refractivity contribution is -0.125.